The fourth-order valence-corrected chi connectivity index (χ4v) is 1.37. The van der Waals surface area contributed by atoms with Crippen LogP contribution >= 0.6 is 12.4 Å². The van der Waals surface area contributed by atoms with Crippen molar-refractivity contribution in [3.8, 4) is 0 Å². The Morgan fingerprint density at radius 3 is 2.15 bits per heavy atom. The van der Waals surface area contributed by atoms with Crippen molar-refractivity contribution in [2.45, 2.75) is 25.9 Å². The Morgan fingerprint density at radius 2 is 1.70 bits per heavy atom. The van der Waals surface area contributed by atoms with Crippen molar-refractivity contribution in [1.29, 1.82) is 0 Å². The van der Waals surface area contributed by atoms with Gasteiger partial charge < -0.3 is 22.1 Å². The molecule has 1 rings (SSSR count). The molecule has 6 nitrogen and oxygen atoms in total. The minimum atomic E-state index is -0.577. The van der Waals surface area contributed by atoms with Gasteiger partial charge in [0.25, 0.3) is 5.91 Å². The first-order chi connectivity index (χ1) is 8.78. The van der Waals surface area contributed by atoms with Crippen molar-refractivity contribution >= 4 is 24.3 Å². The number of carbonyl (C=O) groups is 2. The molecule has 1 aromatic carbocycles. The zero-order chi connectivity index (χ0) is 14.5. The van der Waals surface area contributed by atoms with Crippen LogP contribution in [0.5, 0.6) is 0 Å². The first-order valence-corrected chi connectivity index (χ1v) is 5.97. The molecule has 0 radical (unpaired) electrons. The summed E-state index contributed by atoms with van der Waals surface area (Å²) in [5.41, 5.74) is 11.7. The van der Waals surface area contributed by atoms with Crippen LogP contribution in [0.15, 0.2) is 24.3 Å². The molecule has 0 heterocycles. The minimum absolute atomic E-state index is 0. The van der Waals surface area contributed by atoms with E-state index in [9.17, 15) is 9.59 Å². The highest BCUT2D eigenvalue weighted by Gasteiger charge is 2.13. The van der Waals surface area contributed by atoms with Crippen LogP contribution in [-0.2, 0) is 6.54 Å². The van der Waals surface area contributed by atoms with Gasteiger partial charge in [0.05, 0.1) is 0 Å². The quantitative estimate of drug-likeness (QED) is 0.644. The maximum absolute atomic E-state index is 11.8. The smallest absolute Gasteiger partial charge is 0.312 e. The number of nitrogens with two attached hydrogens (primary N) is 2. The lowest BCUT2D eigenvalue weighted by atomic mass is 10.1. The summed E-state index contributed by atoms with van der Waals surface area (Å²) in [6.07, 6.45) is 0. The lowest BCUT2D eigenvalue weighted by Gasteiger charge is -2.18. The molecule has 7 heteroatoms. The van der Waals surface area contributed by atoms with Crippen LogP contribution in [-0.4, -0.2) is 24.0 Å². The fourth-order valence-electron chi connectivity index (χ4n) is 1.37. The third kappa shape index (κ3) is 6.96. The number of carbonyl (C=O) groups excluding carboxylic acids is 2. The summed E-state index contributed by atoms with van der Waals surface area (Å²) in [6, 6.07) is 6.33. The second-order valence-corrected chi connectivity index (χ2v) is 5.09. The summed E-state index contributed by atoms with van der Waals surface area (Å²) in [6.45, 7) is 4.42. The predicted molar refractivity (Wildman–Crippen MR) is 80.7 cm³/mol. The van der Waals surface area contributed by atoms with Crippen LogP contribution in [0.25, 0.3) is 0 Å². The van der Waals surface area contributed by atoms with E-state index in [1.54, 1.807) is 24.3 Å². The van der Waals surface area contributed by atoms with Crippen LogP contribution in [0.4, 0.5) is 4.79 Å². The summed E-state index contributed by atoms with van der Waals surface area (Å²) in [5.74, 6) is -0.173. The van der Waals surface area contributed by atoms with E-state index >= 15 is 0 Å². The van der Waals surface area contributed by atoms with Crippen molar-refractivity contribution in [3.05, 3.63) is 35.4 Å². The highest BCUT2D eigenvalue weighted by atomic mass is 35.5. The molecular weight excluding hydrogens is 280 g/mol. The summed E-state index contributed by atoms with van der Waals surface area (Å²) in [4.78, 5) is 22.4. The molecule has 0 fully saturated rings. The maximum atomic E-state index is 11.8. The van der Waals surface area contributed by atoms with Crippen molar-refractivity contribution in [2.75, 3.05) is 6.54 Å². The first-order valence-electron chi connectivity index (χ1n) is 5.97. The molecule has 0 spiro atoms. The Morgan fingerprint density at radius 1 is 1.15 bits per heavy atom. The monoisotopic (exact) mass is 300 g/mol. The number of hydrogen-bond donors (Lipinski definition) is 4. The second-order valence-electron chi connectivity index (χ2n) is 5.09. The van der Waals surface area contributed by atoms with E-state index in [-0.39, 0.29) is 18.3 Å². The van der Waals surface area contributed by atoms with E-state index in [4.69, 9.17) is 11.5 Å². The SMILES string of the molecule is CC(C)(N)CNC(=O)c1ccc(CNC(N)=O)cc1.Cl. The van der Waals surface area contributed by atoms with Gasteiger partial charge in [0.15, 0.2) is 0 Å². The molecule has 0 saturated heterocycles. The number of halogens is 1. The van der Waals surface area contributed by atoms with Gasteiger partial charge in [-0.1, -0.05) is 12.1 Å². The molecule has 0 atom stereocenters. The molecule has 20 heavy (non-hydrogen) atoms. The molecular formula is C13H21ClN4O2. The standard InChI is InChI=1S/C13H20N4O2.ClH/c1-13(2,15)8-17-11(18)10-5-3-9(4-6-10)7-16-12(14)19;/h3-6H,7-8,15H2,1-2H3,(H,17,18)(H3,14,16,19);1H. The van der Waals surface area contributed by atoms with Gasteiger partial charge in [0.1, 0.15) is 0 Å². The zero-order valence-electron chi connectivity index (χ0n) is 11.6. The average Bonchev–Trinajstić information content (AvgIpc) is 2.33. The van der Waals surface area contributed by atoms with Gasteiger partial charge in [-0.05, 0) is 31.5 Å². The van der Waals surface area contributed by atoms with Gasteiger partial charge in [-0.25, -0.2) is 4.79 Å². The average molecular weight is 301 g/mol. The van der Waals surface area contributed by atoms with E-state index < -0.39 is 11.6 Å². The summed E-state index contributed by atoms with van der Waals surface area (Å²) in [7, 11) is 0. The largest absolute Gasteiger partial charge is 0.352 e. The number of hydrogen-bond acceptors (Lipinski definition) is 3. The zero-order valence-corrected chi connectivity index (χ0v) is 12.4. The molecule has 0 aliphatic carbocycles. The van der Waals surface area contributed by atoms with Crippen LogP contribution in [0.3, 0.4) is 0 Å². The Labute approximate surface area is 124 Å². The molecule has 0 aliphatic rings. The first kappa shape index (κ1) is 18.2. The molecule has 0 saturated carbocycles. The number of urea groups is 1. The third-order valence-electron chi connectivity index (χ3n) is 2.39. The molecule has 3 amide bonds. The lowest BCUT2D eigenvalue weighted by Crippen LogP contribution is -2.45. The van der Waals surface area contributed by atoms with Crippen LogP contribution < -0.4 is 22.1 Å². The van der Waals surface area contributed by atoms with E-state index in [2.05, 4.69) is 10.6 Å². The van der Waals surface area contributed by atoms with Crippen molar-refractivity contribution in [3.63, 3.8) is 0 Å². The Kier molecular flexibility index (Phi) is 7.02. The fraction of sp³-hybridized carbons (Fsp3) is 0.385. The summed E-state index contributed by atoms with van der Waals surface area (Å²) >= 11 is 0. The minimum Gasteiger partial charge on any atom is -0.352 e. The summed E-state index contributed by atoms with van der Waals surface area (Å²) in [5, 5.41) is 5.23. The molecule has 6 N–H and O–H groups in total. The number of benzene rings is 1. The van der Waals surface area contributed by atoms with Gasteiger partial charge in [0.2, 0.25) is 0 Å². The van der Waals surface area contributed by atoms with E-state index in [0.29, 0.717) is 18.7 Å². The molecule has 1 aromatic rings. The Hall–Kier alpha value is -1.79. The van der Waals surface area contributed by atoms with Gasteiger partial charge in [0, 0.05) is 24.2 Å². The third-order valence-corrected chi connectivity index (χ3v) is 2.39. The predicted octanol–water partition coefficient (Wildman–Crippen LogP) is 0.744. The number of rotatable bonds is 5. The van der Waals surface area contributed by atoms with Crippen molar-refractivity contribution in [1.82, 2.24) is 10.6 Å². The molecule has 0 unspecified atom stereocenters. The lowest BCUT2D eigenvalue weighted by molar-refractivity contribution is 0.0946. The van der Waals surface area contributed by atoms with Crippen molar-refractivity contribution < 1.29 is 9.59 Å². The highest BCUT2D eigenvalue weighted by molar-refractivity contribution is 5.94. The maximum Gasteiger partial charge on any atom is 0.312 e. The van der Waals surface area contributed by atoms with E-state index in [1.807, 2.05) is 13.8 Å². The number of primary amides is 1. The van der Waals surface area contributed by atoms with E-state index in [1.165, 1.54) is 0 Å². The van der Waals surface area contributed by atoms with Crippen molar-refractivity contribution in [2.24, 2.45) is 11.5 Å². The number of nitrogens with one attached hydrogen (secondary N) is 2. The van der Waals surface area contributed by atoms with Crippen LogP contribution in [0.2, 0.25) is 0 Å². The molecule has 0 aromatic heterocycles. The highest BCUT2D eigenvalue weighted by Crippen LogP contribution is 2.05. The van der Waals surface area contributed by atoms with E-state index in [0.717, 1.165) is 5.56 Å². The Bertz CT molecular complexity index is 454. The molecule has 0 aliphatic heterocycles. The van der Waals surface area contributed by atoms with Gasteiger partial charge >= 0.3 is 6.03 Å². The van der Waals surface area contributed by atoms with Crippen LogP contribution in [0.1, 0.15) is 29.8 Å². The number of amides is 3. The van der Waals surface area contributed by atoms with Gasteiger partial charge in [-0.3, -0.25) is 4.79 Å². The molecule has 112 valence electrons. The normalized spacial score (nSPS) is 10.3. The topological polar surface area (TPSA) is 110 Å². The summed E-state index contributed by atoms with van der Waals surface area (Å²) < 4.78 is 0. The Balaban J connectivity index is 0.00000361. The second kappa shape index (κ2) is 7.72. The molecule has 0 bridgehead atoms. The van der Waals surface area contributed by atoms with Gasteiger partial charge in [-0.15, -0.1) is 12.4 Å². The van der Waals surface area contributed by atoms with Gasteiger partial charge in [-0.2, -0.15) is 0 Å². The van der Waals surface area contributed by atoms with Crippen LogP contribution in [0, 0.1) is 0 Å².